The number of benzene rings is 1. The van der Waals surface area contributed by atoms with Gasteiger partial charge in [-0.25, -0.2) is 4.68 Å². The molecule has 7 heteroatoms. The summed E-state index contributed by atoms with van der Waals surface area (Å²) >= 11 is 1.60. The molecule has 0 aliphatic carbocycles. The molecule has 6 nitrogen and oxygen atoms in total. The largest absolute Gasteiger partial charge is 0.310 e. The van der Waals surface area contributed by atoms with E-state index in [9.17, 15) is 4.79 Å². The Balaban J connectivity index is 1.83. The molecule has 0 bridgehead atoms. The van der Waals surface area contributed by atoms with Gasteiger partial charge in [-0.15, -0.1) is 11.8 Å². The zero-order valence-corrected chi connectivity index (χ0v) is 14.9. The zero-order valence-electron chi connectivity index (χ0n) is 14.1. The summed E-state index contributed by atoms with van der Waals surface area (Å²) in [6.07, 6.45) is 3.71. The highest BCUT2D eigenvalue weighted by atomic mass is 32.2. The fraction of sp³-hybridized carbons (Fsp3) is 0.278. The van der Waals surface area contributed by atoms with Crippen LogP contribution in [-0.2, 0) is 4.79 Å². The van der Waals surface area contributed by atoms with Crippen molar-refractivity contribution >= 4 is 23.5 Å². The monoisotopic (exact) mass is 353 g/mol. The van der Waals surface area contributed by atoms with Crippen LogP contribution in [0.1, 0.15) is 36.3 Å². The van der Waals surface area contributed by atoms with Gasteiger partial charge in [-0.2, -0.15) is 10.2 Å². The van der Waals surface area contributed by atoms with Crippen LogP contribution in [0.15, 0.2) is 42.7 Å². The van der Waals surface area contributed by atoms with E-state index in [2.05, 4.69) is 46.6 Å². The third kappa shape index (κ3) is 2.84. The van der Waals surface area contributed by atoms with Gasteiger partial charge >= 0.3 is 0 Å². The van der Waals surface area contributed by atoms with Crippen molar-refractivity contribution < 1.29 is 4.79 Å². The predicted molar refractivity (Wildman–Crippen MR) is 99.6 cm³/mol. The standard InChI is InChI=1S/C18H19N5OS/c1-11(2)23-18-14(9-20-23)17(25-10-15(24)21-18)13-8-19-22-16(13)12-6-4-3-5-7-12/h3-9,11,17H,10H2,1-2H3,(H,19,22)(H,21,24). The van der Waals surface area contributed by atoms with E-state index >= 15 is 0 Å². The molecule has 1 unspecified atom stereocenters. The Morgan fingerprint density at radius 3 is 2.76 bits per heavy atom. The van der Waals surface area contributed by atoms with E-state index in [4.69, 9.17) is 0 Å². The van der Waals surface area contributed by atoms with Gasteiger partial charge in [-0.3, -0.25) is 9.89 Å². The Kier molecular flexibility index (Phi) is 4.09. The molecule has 3 heterocycles. The van der Waals surface area contributed by atoms with Crippen LogP contribution in [0.4, 0.5) is 5.82 Å². The molecule has 128 valence electrons. The van der Waals surface area contributed by atoms with E-state index in [0.717, 1.165) is 28.2 Å². The lowest BCUT2D eigenvalue weighted by atomic mass is 10.0. The summed E-state index contributed by atoms with van der Waals surface area (Å²) in [6, 6.07) is 10.3. The minimum atomic E-state index is -0.00425. The number of H-pyrrole nitrogens is 1. The van der Waals surface area contributed by atoms with Crippen molar-refractivity contribution in [2.75, 3.05) is 11.1 Å². The molecule has 3 aromatic rings. The quantitative estimate of drug-likeness (QED) is 0.754. The molecule has 0 radical (unpaired) electrons. The third-order valence-electron chi connectivity index (χ3n) is 4.25. The van der Waals surface area contributed by atoms with Gasteiger partial charge < -0.3 is 5.32 Å². The van der Waals surface area contributed by atoms with Crippen LogP contribution in [0.2, 0.25) is 0 Å². The number of thioether (sulfide) groups is 1. The first-order valence-electron chi connectivity index (χ1n) is 8.22. The molecule has 0 spiro atoms. The van der Waals surface area contributed by atoms with Gasteiger partial charge in [0.1, 0.15) is 5.82 Å². The van der Waals surface area contributed by atoms with Crippen LogP contribution in [0.5, 0.6) is 0 Å². The summed E-state index contributed by atoms with van der Waals surface area (Å²) in [6.45, 7) is 4.11. The molecule has 1 aliphatic heterocycles. The summed E-state index contributed by atoms with van der Waals surface area (Å²) in [5, 5.41) is 14.9. The van der Waals surface area contributed by atoms with E-state index in [1.807, 2.05) is 35.3 Å². The Morgan fingerprint density at radius 2 is 2.00 bits per heavy atom. The maximum atomic E-state index is 12.2. The second-order valence-corrected chi connectivity index (χ2v) is 7.39. The minimum Gasteiger partial charge on any atom is -0.310 e. The Labute approximate surface area is 150 Å². The number of carbonyl (C=O) groups is 1. The molecule has 2 N–H and O–H groups in total. The van der Waals surface area contributed by atoms with Gasteiger partial charge in [-0.05, 0) is 19.4 Å². The molecule has 4 rings (SSSR count). The Morgan fingerprint density at radius 1 is 1.20 bits per heavy atom. The smallest absolute Gasteiger partial charge is 0.235 e. The number of nitrogens with zero attached hydrogens (tertiary/aromatic N) is 3. The summed E-state index contributed by atoms with van der Waals surface area (Å²) in [4.78, 5) is 12.2. The van der Waals surface area contributed by atoms with Crippen LogP contribution in [0.25, 0.3) is 11.3 Å². The molecule has 0 fully saturated rings. The molecule has 1 aliphatic rings. The fourth-order valence-electron chi connectivity index (χ4n) is 3.09. The second-order valence-electron chi connectivity index (χ2n) is 6.29. The average molecular weight is 353 g/mol. The highest BCUT2D eigenvalue weighted by Crippen LogP contribution is 2.44. The maximum Gasteiger partial charge on any atom is 0.235 e. The average Bonchev–Trinajstić information content (AvgIpc) is 3.21. The van der Waals surface area contributed by atoms with Crippen molar-refractivity contribution in [1.29, 1.82) is 0 Å². The van der Waals surface area contributed by atoms with Gasteiger partial charge in [0, 0.05) is 17.2 Å². The molecule has 0 saturated carbocycles. The van der Waals surface area contributed by atoms with Gasteiger partial charge in [0.15, 0.2) is 0 Å². The highest BCUT2D eigenvalue weighted by molar-refractivity contribution is 8.00. The van der Waals surface area contributed by atoms with Crippen LogP contribution in [-0.4, -0.2) is 31.6 Å². The maximum absolute atomic E-state index is 12.2. The van der Waals surface area contributed by atoms with Crippen molar-refractivity contribution in [2.24, 2.45) is 0 Å². The van der Waals surface area contributed by atoms with E-state index < -0.39 is 0 Å². The summed E-state index contributed by atoms with van der Waals surface area (Å²) in [5.74, 6) is 1.19. The van der Waals surface area contributed by atoms with Crippen molar-refractivity contribution in [3.05, 3.63) is 53.9 Å². The van der Waals surface area contributed by atoms with Gasteiger partial charge in [0.05, 0.1) is 29.1 Å². The van der Waals surface area contributed by atoms with Crippen LogP contribution in [0, 0.1) is 0 Å². The molecule has 2 aromatic heterocycles. The lowest BCUT2D eigenvalue weighted by Gasteiger charge is -2.15. The van der Waals surface area contributed by atoms with Crippen LogP contribution in [0.3, 0.4) is 0 Å². The number of hydrogen-bond acceptors (Lipinski definition) is 4. The summed E-state index contributed by atoms with van der Waals surface area (Å²) in [7, 11) is 0. The molecular formula is C18H19N5OS. The second kappa shape index (κ2) is 6.40. The molecule has 1 atom stereocenters. The zero-order chi connectivity index (χ0) is 17.4. The first-order valence-corrected chi connectivity index (χ1v) is 9.27. The summed E-state index contributed by atoms with van der Waals surface area (Å²) < 4.78 is 1.87. The van der Waals surface area contributed by atoms with Crippen LogP contribution < -0.4 is 5.32 Å². The number of fused-ring (bicyclic) bond motifs is 1. The fourth-order valence-corrected chi connectivity index (χ4v) is 4.19. The SMILES string of the molecule is CC(C)n1ncc2c1NC(=O)CSC2c1cn[nH]c1-c1ccccc1. The van der Waals surface area contributed by atoms with Crippen LogP contribution >= 0.6 is 11.8 Å². The predicted octanol–water partition coefficient (Wildman–Crippen LogP) is 3.63. The van der Waals surface area contributed by atoms with Crippen molar-refractivity contribution in [3.63, 3.8) is 0 Å². The number of hydrogen-bond donors (Lipinski definition) is 2. The van der Waals surface area contributed by atoms with Gasteiger partial charge in [0.25, 0.3) is 0 Å². The molecule has 1 aromatic carbocycles. The number of carbonyl (C=O) groups excluding carboxylic acids is 1. The third-order valence-corrected chi connectivity index (χ3v) is 5.52. The molecule has 1 amide bonds. The van der Waals surface area contributed by atoms with Crippen molar-refractivity contribution in [2.45, 2.75) is 25.1 Å². The van der Waals surface area contributed by atoms with Gasteiger partial charge in [-0.1, -0.05) is 30.3 Å². The first kappa shape index (κ1) is 16.0. The number of anilines is 1. The Bertz CT molecular complexity index is 899. The molecule has 0 saturated heterocycles. The topological polar surface area (TPSA) is 75.6 Å². The van der Waals surface area contributed by atoms with E-state index in [0.29, 0.717) is 5.75 Å². The van der Waals surface area contributed by atoms with E-state index in [-0.39, 0.29) is 17.2 Å². The van der Waals surface area contributed by atoms with E-state index in [1.54, 1.807) is 11.8 Å². The number of nitrogens with one attached hydrogen (secondary N) is 2. The normalized spacial score (nSPS) is 17.2. The first-order chi connectivity index (χ1) is 12.1. The number of aromatic amines is 1. The summed E-state index contributed by atoms with van der Waals surface area (Å²) in [5.41, 5.74) is 4.15. The highest BCUT2D eigenvalue weighted by Gasteiger charge is 2.30. The number of amides is 1. The van der Waals surface area contributed by atoms with Crippen molar-refractivity contribution in [1.82, 2.24) is 20.0 Å². The number of aromatic nitrogens is 4. The van der Waals surface area contributed by atoms with E-state index in [1.165, 1.54) is 0 Å². The Hall–Kier alpha value is -2.54. The lowest BCUT2D eigenvalue weighted by Crippen LogP contribution is -2.17. The molecule has 25 heavy (non-hydrogen) atoms. The van der Waals surface area contributed by atoms with Gasteiger partial charge in [0.2, 0.25) is 5.91 Å². The van der Waals surface area contributed by atoms with Crippen molar-refractivity contribution in [3.8, 4) is 11.3 Å². The number of rotatable bonds is 3. The lowest BCUT2D eigenvalue weighted by molar-refractivity contribution is -0.113. The minimum absolute atomic E-state index is 0.000839. The molecular weight excluding hydrogens is 334 g/mol.